The molecule has 4 nitrogen and oxygen atoms in total. The summed E-state index contributed by atoms with van der Waals surface area (Å²) in [4.78, 5) is 30.1. The Hall–Kier alpha value is -2.49. The molecule has 0 aliphatic carbocycles. The monoisotopic (exact) mass is 280 g/mol. The second-order valence-electron chi connectivity index (χ2n) is 5.57. The number of rotatable bonds is 2. The smallest absolute Gasteiger partial charge is 0.299 e. The number of nitrogens with zero attached hydrogens (tertiary/aromatic N) is 2. The van der Waals surface area contributed by atoms with Crippen molar-refractivity contribution in [3.05, 3.63) is 58.4 Å². The average molecular weight is 280 g/mol. The lowest BCUT2D eigenvalue weighted by Gasteiger charge is -2.17. The first-order chi connectivity index (χ1) is 9.97. The maximum Gasteiger partial charge on any atom is 0.299 e. The molecule has 0 saturated carbocycles. The molecule has 3 rings (SSSR count). The van der Waals surface area contributed by atoms with E-state index in [1.807, 2.05) is 39.0 Å². The van der Waals surface area contributed by atoms with E-state index in [2.05, 4.69) is 4.98 Å². The molecular formula is C17H16N2O2. The van der Waals surface area contributed by atoms with E-state index < -0.39 is 11.7 Å². The number of amides is 1. The SMILES string of the molecule is Cc1cncc(CN2C(=O)C(=O)c3c(C)cc(C)cc32)c1. The minimum atomic E-state index is -0.458. The predicted molar refractivity (Wildman–Crippen MR) is 80.4 cm³/mol. The molecule has 0 fully saturated rings. The number of anilines is 1. The lowest BCUT2D eigenvalue weighted by Crippen LogP contribution is -2.29. The van der Waals surface area contributed by atoms with Crippen molar-refractivity contribution < 1.29 is 9.59 Å². The second kappa shape index (κ2) is 4.81. The Morgan fingerprint density at radius 2 is 1.76 bits per heavy atom. The van der Waals surface area contributed by atoms with Crippen LogP contribution in [-0.2, 0) is 11.3 Å². The van der Waals surface area contributed by atoms with Gasteiger partial charge in [-0.25, -0.2) is 0 Å². The van der Waals surface area contributed by atoms with E-state index in [0.29, 0.717) is 17.8 Å². The minimum Gasteiger partial charge on any atom is -0.300 e. The number of pyridine rings is 1. The fraction of sp³-hybridized carbons (Fsp3) is 0.235. The van der Waals surface area contributed by atoms with E-state index in [1.54, 1.807) is 17.3 Å². The topological polar surface area (TPSA) is 50.3 Å². The van der Waals surface area contributed by atoms with Crippen LogP contribution < -0.4 is 4.90 Å². The maximum atomic E-state index is 12.3. The molecule has 2 heterocycles. The number of hydrogen-bond donors (Lipinski definition) is 0. The van der Waals surface area contributed by atoms with Gasteiger partial charge in [-0.2, -0.15) is 0 Å². The van der Waals surface area contributed by atoms with Gasteiger partial charge in [0.25, 0.3) is 11.7 Å². The molecule has 0 bridgehead atoms. The molecule has 0 N–H and O–H groups in total. The van der Waals surface area contributed by atoms with Gasteiger partial charge in [-0.1, -0.05) is 12.1 Å². The summed E-state index contributed by atoms with van der Waals surface area (Å²) >= 11 is 0. The molecule has 0 atom stereocenters. The van der Waals surface area contributed by atoms with E-state index in [0.717, 1.165) is 22.3 Å². The highest BCUT2D eigenvalue weighted by Gasteiger charge is 2.37. The molecule has 0 spiro atoms. The number of ketones is 1. The molecular weight excluding hydrogens is 264 g/mol. The lowest BCUT2D eigenvalue weighted by molar-refractivity contribution is -0.114. The minimum absolute atomic E-state index is 0.370. The number of Topliss-reactive ketones (excluding diaryl/α,β-unsaturated/α-hetero) is 1. The summed E-state index contributed by atoms with van der Waals surface area (Å²) in [5, 5.41) is 0. The standard InChI is InChI=1S/C17H16N2O2/c1-10-4-12(3)15-14(6-10)19(17(21)16(15)20)9-13-5-11(2)7-18-8-13/h4-8H,9H2,1-3H3. The molecule has 0 radical (unpaired) electrons. The lowest BCUT2D eigenvalue weighted by atomic mass is 10.0. The number of hydrogen-bond acceptors (Lipinski definition) is 3. The Morgan fingerprint density at radius 3 is 2.48 bits per heavy atom. The maximum absolute atomic E-state index is 12.3. The zero-order chi connectivity index (χ0) is 15.1. The van der Waals surface area contributed by atoms with Gasteiger partial charge >= 0.3 is 0 Å². The van der Waals surface area contributed by atoms with Gasteiger partial charge in [0.2, 0.25) is 0 Å². The summed E-state index contributed by atoms with van der Waals surface area (Å²) in [5.41, 5.74) is 5.10. The molecule has 0 unspecified atom stereocenters. The molecule has 21 heavy (non-hydrogen) atoms. The van der Waals surface area contributed by atoms with Crippen LogP contribution in [0.4, 0.5) is 5.69 Å². The first kappa shape index (κ1) is 13.5. The summed E-state index contributed by atoms with van der Waals surface area (Å²) in [6.45, 7) is 6.16. The van der Waals surface area contributed by atoms with Crippen LogP contribution in [0.1, 0.15) is 32.6 Å². The van der Waals surface area contributed by atoms with Crippen LogP contribution in [0.2, 0.25) is 0 Å². The molecule has 1 aromatic heterocycles. The molecule has 1 aliphatic rings. The number of benzene rings is 1. The van der Waals surface area contributed by atoms with Crippen LogP contribution in [0, 0.1) is 20.8 Å². The largest absolute Gasteiger partial charge is 0.300 e. The zero-order valence-corrected chi connectivity index (χ0v) is 12.3. The number of aromatic nitrogens is 1. The number of carbonyl (C=O) groups is 2. The fourth-order valence-electron chi connectivity index (χ4n) is 2.84. The van der Waals surface area contributed by atoms with Crippen molar-refractivity contribution in [2.45, 2.75) is 27.3 Å². The first-order valence-electron chi connectivity index (χ1n) is 6.85. The predicted octanol–water partition coefficient (Wildman–Crippen LogP) is 2.74. The molecule has 1 aromatic carbocycles. The Morgan fingerprint density at radius 1 is 1.00 bits per heavy atom. The van der Waals surface area contributed by atoms with Crippen LogP contribution in [-0.4, -0.2) is 16.7 Å². The highest BCUT2D eigenvalue weighted by Crippen LogP contribution is 2.33. The molecule has 4 heteroatoms. The summed E-state index contributed by atoms with van der Waals surface area (Å²) in [6.07, 6.45) is 3.49. The van der Waals surface area contributed by atoms with Crippen molar-refractivity contribution in [2.24, 2.45) is 0 Å². The third-order valence-electron chi connectivity index (χ3n) is 3.69. The average Bonchev–Trinajstić information content (AvgIpc) is 2.64. The van der Waals surface area contributed by atoms with E-state index in [4.69, 9.17) is 0 Å². The van der Waals surface area contributed by atoms with Crippen molar-refractivity contribution in [1.29, 1.82) is 0 Å². The van der Waals surface area contributed by atoms with E-state index in [-0.39, 0.29) is 0 Å². The van der Waals surface area contributed by atoms with Gasteiger partial charge in [0, 0.05) is 12.4 Å². The van der Waals surface area contributed by atoms with Crippen molar-refractivity contribution in [3.63, 3.8) is 0 Å². The normalized spacial score (nSPS) is 13.8. The first-order valence-corrected chi connectivity index (χ1v) is 6.85. The summed E-state index contributed by atoms with van der Waals surface area (Å²) in [7, 11) is 0. The van der Waals surface area contributed by atoms with Gasteiger partial charge in [-0.3, -0.25) is 14.6 Å². The summed E-state index contributed by atoms with van der Waals surface area (Å²) in [5.74, 6) is -0.872. The summed E-state index contributed by atoms with van der Waals surface area (Å²) < 4.78 is 0. The van der Waals surface area contributed by atoms with Gasteiger partial charge in [0.05, 0.1) is 17.8 Å². The number of fused-ring (bicyclic) bond motifs is 1. The van der Waals surface area contributed by atoms with Crippen LogP contribution >= 0.6 is 0 Å². The highest BCUT2D eigenvalue weighted by atomic mass is 16.2. The van der Waals surface area contributed by atoms with Crippen molar-refractivity contribution in [3.8, 4) is 0 Å². The Labute approximate surface area is 123 Å². The summed E-state index contributed by atoms with van der Waals surface area (Å²) in [6, 6.07) is 5.81. The molecule has 2 aromatic rings. The third kappa shape index (κ3) is 2.23. The Bertz CT molecular complexity index is 765. The van der Waals surface area contributed by atoms with Crippen molar-refractivity contribution in [2.75, 3.05) is 4.90 Å². The van der Waals surface area contributed by atoms with Crippen LogP contribution in [0.15, 0.2) is 30.6 Å². The van der Waals surface area contributed by atoms with E-state index in [1.165, 1.54) is 0 Å². The van der Waals surface area contributed by atoms with Crippen molar-refractivity contribution >= 4 is 17.4 Å². The highest BCUT2D eigenvalue weighted by molar-refractivity contribution is 6.52. The third-order valence-corrected chi connectivity index (χ3v) is 3.69. The second-order valence-corrected chi connectivity index (χ2v) is 5.57. The quantitative estimate of drug-likeness (QED) is 0.795. The van der Waals surface area contributed by atoms with Crippen LogP contribution in [0.25, 0.3) is 0 Å². The van der Waals surface area contributed by atoms with Crippen LogP contribution in [0.5, 0.6) is 0 Å². The van der Waals surface area contributed by atoms with Gasteiger partial charge in [-0.15, -0.1) is 0 Å². The molecule has 106 valence electrons. The van der Waals surface area contributed by atoms with Crippen molar-refractivity contribution in [1.82, 2.24) is 4.98 Å². The van der Waals surface area contributed by atoms with Gasteiger partial charge in [0.1, 0.15) is 0 Å². The van der Waals surface area contributed by atoms with Gasteiger partial charge in [-0.05, 0) is 49.1 Å². The van der Waals surface area contributed by atoms with Gasteiger partial charge in [0.15, 0.2) is 0 Å². The molecule has 1 aliphatic heterocycles. The Kier molecular flexibility index (Phi) is 3.09. The zero-order valence-electron chi connectivity index (χ0n) is 12.3. The van der Waals surface area contributed by atoms with E-state index >= 15 is 0 Å². The van der Waals surface area contributed by atoms with E-state index in [9.17, 15) is 9.59 Å². The number of aryl methyl sites for hydroxylation is 3. The fourth-order valence-corrected chi connectivity index (χ4v) is 2.84. The number of carbonyl (C=O) groups excluding carboxylic acids is 2. The molecule has 0 saturated heterocycles. The van der Waals surface area contributed by atoms with Gasteiger partial charge < -0.3 is 4.90 Å². The van der Waals surface area contributed by atoms with Crippen LogP contribution in [0.3, 0.4) is 0 Å². The Balaban J connectivity index is 2.05. The molecule has 1 amide bonds.